The molecule has 1 aromatic carbocycles. The van der Waals surface area contributed by atoms with Crippen LogP contribution >= 0.6 is 0 Å². The van der Waals surface area contributed by atoms with Gasteiger partial charge in [0.1, 0.15) is 11.5 Å². The minimum atomic E-state index is -2.88. The van der Waals surface area contributed by atoms with E-state index in [0.29, 0.717) is 25.3 Å². The Balaban J connectivity index is 1.94. The molecule has 0 aliphatic carbocycles. The van der Waals surface area contributed by atoms with Crippen LogP contribution in [0.15, 0.2) is 24.3 Å². The van der Waals surface area contributed by atoms with Gasteiger partial charge in [-0.05, 0) is 31.0 Å². The van der Waals surface area contributed by atoms with Crippen molar-refractivity contribution in [3.8, 4) is 11.5 Å². The average molecular weight is 299 g/mol. The Morgan fingerprint density at radius 1 is 1.40 bits per heavy atom. The van der Waals surface area contributed by atoms with Crippen molar-refractivity contribution in [2.75, 3.05) is 31.8 Å². The molecule has 0 amide bonds. The average Bonchev–Trinajstić information content (AvgIpc) is 2.80. The molecule has 6 heteroatoms. The summed E-state index contributed by atoms with van der Waals surface area (Å²) < 4.78 is 33.9. The van der Waals surface area contributed by atoms with Crippen molar-refractivity contribution in [3.63, 3.8) is 0 Å². The van der Waals surface area contributed by atoms with Gasteiger partial charge in [0.25, 0.3) is 0 Å². The first-order valence-corrected chi connectivity index (χ1v) is 8.53. The molecule has 0 saturated carbocycles. The Hall–Kier alpha value is -1.27. The summed E-state index contributed by atoms with van der Waals surface area (Å²) >= 11 is 0. The number of methoxy groups -OCH3 is 1. The molecular weight excluding hydrogens is 278 g/mol. The summed E-state index contributed by atoms with van der Waals surface area (Å²) in [5, 5.41) is 0. The first-order valence-electron chi connectivity index (χ1n) is 6.71. The lowest BCUT2D eigenvalue weighted by atomic mass is 9.93. The Kier molecular flexibility index (Phi) is 4.88. The summed E-state index contributed by atoms with van der Waals surface area (Å²) in [6.07, 6.45) is 0.686. The zero-order chi connectivity index (χ0) is 14.6. The van der Waals surface area contributed by atoms with Crippen molar-refractivity contribution in [3.05, 3.63) is 24.3 Å². The van der Waals surface area contributed by atoms with Gasteiger partial charge in [-0.3, -0.25) is 0 Å². The smallest absolute Gasteiger partial charge is 0.150 e. The van der Waals surface area contributed by atoms with Crippen LogP contribution in [0.4, 0.5) is 0 Å². The third kappa shape index (κ3) is 3.86. The molecule has 2 rings (SSSR count). The normalized spacial score (nSPS) is 22.4. The summed E-state index contributed by atoms with van der Waals surface area (Å²) in [5.74, 6) is 2.12. The topological polar surface area (TPSA) is 78.6 Å². The maximum Gasteiger partial charge on any atom is 0.150 e. The van der Waals surface area contributed by atoms with E-state index in [4.69, 9.17) is 15.2 Å². The fourth-order valence-corrected chi connectivity index (χ4v) is 4.41. The predicted molar refractivity (Wildman–Crippen MR) is 77.8 cm³/mol. The van der Waals surface area contributed by atoms with Crippen LogP contribution in [0.25, 0.3) is 0 Å². The Labute approximate surface area is 120 Å². The second-order valence-electron chi connectivity index (χ2n) is 5.15. The van der Waals surface area contributed by atoms with Gasteiger partial charge in [-0.1, -0.05) is 6.07 Å². The van der Waals surface area contributed by atoms with Crippen LogP contribution < -0.4 is 15.2 Å². The molecule has 5 nitrogen and oxygen atoms in total. The Bertz CT molecular complexity index is 544. The fraction of sp³-hybridized carbons (Fsp3) is 0.571. The van der Waals surface area contributed by atoms with E-state index in [9.17, 15) is 8.42 Å². The Morgan fingerprint density at radius 2 is 2.15 bits per heavy atom. The van der Waals surface area contributed by atoms with E-state index < -0.39 is 9.84 Å². The summed E-state index contributed by atoms with van der Waals surface area (Å²) in [6.45, 7) is 0.869. The standard InChI is InChI=1S/C14H21NO4S/c1-18-13-3-2-4-14(7-13)19-9-12(8-15)11-5-6-20(16,17)10-11/h2-4,7,11-12H,5-6,8-10,15H2,1H3. The largest absolute Gasteiger partial charge is 0.497 e. The summed E-state index contributed by atoms with van der Waals surface area (Å²) in [4.78, 5) is 0. The summed E-state index contributed by atoms with van der Waals surface area (Å²) in [6, 6.07) is 7.35. The highest BCUT2D eigenvalue weighted by Gasteiger charge is 2.33. The zero-order valence-electron chi connectivity index (χ0n) is 11.6. The first-order chi connectivity index (χ1) is 9.54. The molecular formula is C14H21NO4S. The van der Waals surface area contributed by atoms with Crippen LogP contribution in [0, 0.1) is 11.8 Å². The van der Waals surface area contributed by atoms with E-state index in [1.54, 1.807) is 13.2 Å². The molecule has 20 heavy (non-hydrogen) atoms. The highest BCUT2D eigenvalue weighted by molar-refractivity contribution is 7.91. The maximum absolute atomic E-state index is 11.5. The van der Waals surface area contributed by atoms with Gasteiger partial charge in [0.05, 0.1) is 25.2 Å². The van der Waals surface area contributed by atoms with Gasteiger partial charge in [0.2, 0.25) is 0 Å². The third-order valence-corrected chi connectivity index (χ3v) is 5.54. The van der Waals surface area contributed by atoms with Gasteiger partial charge < -0.3 is 15.2 Å². The van der Waals surface area contributed by atoms with Gasteiger partial charge in [0.15, 0.2) is 9.84 Å². The van der Waals surface area contributed by atoms with Gasteiger partial charge >= 0.3 is 0 Å². The lowest BCUT2D eigenvalue weighted by Gasteiger charge is -2.21. The van der Waals surface area contributed by atoms with Crippen LogP contribution in [0.2, 0.25) is 0 Å². The number of nitrogens with two attached hydrogens (primary N) is 1. The van der Waals surface area contributed by atoms with Gasteiger partial charge in [-0.2, -0.15) is 0 Å². The molecule has 1 heterocycles. The molecule has 0 radical (unpaired) electrons. The molecule has 0 aromatic heterocycles. The van der Waals surface area contributed by atoms with Crippen molar-refractivity contribution < 1.29 is 17.9 Å². The number of hydrogen-bond donors (Lipinski definition) is 1. The zero-order valence-corrected chi connectivity index (χ0v) is 12.4. The molecule has 2 atom stereocenters. The van der Waals surface area contributed by atoms with Gasteiger partial charge in [0, 0.05) is 12.0 Å². The molecule has 2 N–H and O–H groups in total. The monoisotopic (exact) mass is 299 g/mol. The number of benzene rings is 1. The van der Waals surface area contributed by atoms with Crippen LogP contribution in [0.3, 0.4) is 0 Å². The predicted octanol–water partition coefficient (Wildman–Crippen LogP) is 1.08. The second-order valence-corrected chi connectivity index (χ2v) is 7.38. The second kappa shape index (κ2) is 6.45. The minimum Gasteiger partial charge on any atom is -0.497 e. The van der Waals surface area contributed by atoms with E-state index >= 15 is 0 Å². The van der Waals surface area contributed by atoms with Crippen molar-refractivity contribution in [2.24, 2.45) is 17.6 Å². The van der Waals surface area contributed by atoms with Crippen LogP contribution in [0.5, 0.6) is 11.5 Å². The number of ether oxygens (including phenoxy) is 2. The molecule has 1 aromatic rings. The fourth-order valence-electron chi connectivity index (χ4n) is 2.49. The molecule has 2 unspecified atom stereocenters. The van der Waals surface area contributed by atoms with Gasteiger partial charge in [-0.15, -0.1) is 0 Å². The molecule has 1 aliphatic rings. The molecule has 1 aliphatic heterocycles. The minimum absolute atomic E-state index is 0.0680. The van der Waals surface area contributed by atoms with Crippen LogP contribution in [-0.2, 0) is 9.84 Å². The van der Waals surface area contributed by atoms with E-state index in [2.05, 4.69) is 0 Å². The SMILES string of the molecule is COc1cccc(OCC(CN)C2CCS(=O)(=O)C2)c1. The van der Waals surface area contributed by atoms with E-state index in [1.165, 1.54) is 0 Å². The maximum atomic E-state index is 11.5. The molecule has 0 spiro atoms. The highest BCUT2D eigenvalue weighted by atomic mass is 32.2. The van der Waals surface area contributed by atoms with Crippen LogP contribution in [-0.4, -0.2) is 40.2 Å². The quantitative estimate of drug-likeness (QED) is 0.850. The highest BCUT2D eigenvalue weighted by Crippen LogP contribution is 2.27. The molecule has 112 valence electrons. The lowest BCUT2D eigenvalue weighted by molar-refractivity contribution is 0.208. The molecule has 1 saturated heterocycles. The summed E-state index contributed by atoms with van der Waals surface area (Å²) in [7, 11) is -1.27. The first kappa shape index (κ1) is 15.1. The van der Waals surface area contributed by atoms with Crippen molar-refractivity contribution in [1.29, 1.82) is 0 Å². The third-order valence-electron chi connectivity index (χ3n) is 3.74. The van der Waals surface area contributed by atoms with Gasteiger partial charge in [-0.25, -0.2) is 8.42 Å². The number of sulfone groups is 1. The molecule has 0 bridgehead atoms. The lowest BCUT2D eigenvalue weighted by Crippen LogP contribution is -2.29. The van der Waals surface area contributed by atoms with E-state index in [0.717, 1.165) is 5.75 Å². The van der Waals surface area contributed by atoms with E-state index in [-0.39, 0.29) is 23.3 Å². The Morgan fingerprint density at radius 3 is 2.75 bits per heavy atom. The number of hydrogen-bond acceptors (Lipinski definition) is 5. The van der Waals surface area contributed by atoms with Crippen LogP contribution in [0.1, 0.15) is 6.42 Å². The summed E-state index contributed by atoms with van der Waals surface area (Å²) in [5.41, 5.74) is 5.76. The van der Waals surface area contributed by atoms with Crippen molar-refractivity contribution in [1.82, 2.24) is 0 Å². The number of rotatable bonds is 6. The molecule has 1 fully saturated rings. The van der Waals surface area contributed by atoms with Crippen molar-refractivity contribution >= 4 is 9.84 Å². The van der Waals surface area contributed by atoms with Crippen molar-refractivity contribution in [2.45, 2.75) is 6.42 Å². The van der Waals surface area contributed by atoms with E-state index in [1.807, 2.05) is 18.2 Å².